The van der Waals surface area contributed by atoms with Gasteiger partial charge in [-0.25, -0.2) is 0 Å². The molecule has 1 heterocycles. The maximum atomic E-state index is 12.3. The van der Waals surface area contributed by atoms with Crippen LogP contribution in [0, 0.1) is 13.8 Å². The van der Waals surface area contributed by atoms with Crippen molar-refractivity contribution < 1.29 is 36.5 Å². The van der Waals surface area contributed by atoms with Crippen LogP contribution < -0.4 is 27.0 Å². The van der Waals surface area contributed by atoms with Crippen LogP contribution in [-0.4, -0.2) is 36.0 Å². The number of aryl methyl sites for hydroxylation is 2. The molecule has 2 rings (SSSR count). The second kappa shape index (κ2) is 8.83. The average molecular weight is 403 g/mol. The smallest absolute Gasteiger partial charge is 0.143 e. The summed E-state index contributed by atoms with van der Waals surface area (Å²) in [6.45, 7) is 6.49. The molecule has 0 saturated carbocycles. The van der Waals surface area contributed by atoms with Crippen molar-refractivity contribution in [1.82, 2.24) is 4.57 Å². The van der Waals surface area contributed by atoms with E-state index < -0.39 is 6.10 Å². The minimum Gasteiger partial charge on any atom is -1.00 e. The molecule has 3 N–H and O–H groups in total. The van der Waals surface area contributed by atoms with Crippen molar-refractivity contribution >= 4 is 10.9 Å². The van der Waals surface area contributed by atoms with Gasteiger partial charge in [0.1, 0.15) is 17.9 Å². The lowest BCUT2D eigenvalue weighted by Gasteiger charge is -2.19. The second-order valence-corrected chi connectivity index (χ2v) is 6.22. The van der Waals surface area contributed by atoms with Crippen LogP contribution in [0.25, 0.3) is 10.9 Å². The number of fused-ring (bicyclic) bond motifs is 1. The SMILES string of the molecule is COc1ccc(C(O)C(C)[NH2+]CCCF)c2c(C)c(C)n(C)c12.[Br-]. The molecule has 0 saturated heterocycles. The number of aliphatic hydroxyl groups excluding tert-OH is 1. The van der Waals surface area contributed by atoms with E-state index in [9.17, 15) is 9.50 Å². The highest BCUT2D eigenvalue weighted by atomic mass is 79.9. The highest BCUT2D eigenvalue weighted by Gasteiger charge is 2.25. The van der Waals surface area contributed by atoms with Crippen molar-refractivity contribution in [2.75, 3.05) is 20.3 Å². The molecule has 136 valence electrons. The van der Waals surface area contributed by atoms with Crippen LogP contribution in [0.2, 0.25) is 0 Å². The summed E-state index contributed by atoms with van der Waals surface area (Å²) in [5, 5.41) is 13.9. The molecule has 1 aromatic heterocycles. The highest BCUT2D eigenvalue weighted by Crippen LogP contribution is 2.37. The van der Waals surface area contributed by atoms with Crippen LogP contribution in [0.15, 0.2) is 12.1 Å². The number of aromatic nitrogens is 1. The third-order valence-corrected chi connectivity index (χ3v) is 4.84. The average Bonchev–Trinajstić information content (AvgIpc) is 2.78. The fraction of sp³-hybridized carbons (Fsp3) is 0.556. The molecule has 2 unspecified atom stereocenters. The van der Waals surface area contributed by atoms with E-state index in [1.807, 2.05) is 31.4 Å². The number of hydrogen-bond acceptors (Lipinski definition) is 2. The summed E-state index contributed by atoms with van der Waals surface area (Å²) < 4.78 is 19.9. The van der Waals surface area contributed by atoms with Crippen LogP contribution >= 0.6 is 0 Å². The molecule has 4 nitrogen and oxygen atoms in total. The lowest BCUT2D eigenvalue weighted by atomic mass is 9.97. The monoisotopic (exact) mass is 402 g/mol. The van der Waals surface area contributed by atoms with E-state index >= 15 is 0 Å². The van der Waals surface area contributed by atoms with Crippen molar-refractivity contribution in [3.05, 3.63) is 29.0 Å². The van der Waals surface area contributed by atoms with Gasteiger partial charge in [0, 0.05) is 24.5 Å². The summed E-state index contributed by atoms with van der Waals surface area (Å²) >= 11 is 0. The zero-order valence-corrected chi connectivity index (χ0v) is 16.7. The Kier molecular flexibility index (Phi) is 7.70. The van der Waals surface area contributed by atoms with Gasteiger partial charge in [0.25, 0.3) is 0 Å². The van der Waals surface area contributed by atoms with Crippen molar-refractivity contribution in [1.29, 1.82) is 0 Å². The molecule has 0 fully saturated rings. The maximum absolute atomic E-state index is 12.3. The van der Waals surface area contributed by atoms with E-state index in [1.54, 1.807) is 7.11 Å². The third-order valence-electron chi connectivity index (χ3n) is 4.84. The van der Waals surface area contributed by atoms with Gasteiger partial charge >= 0.3 is 0 Å². The first-order valence-corrected chi connectivity index (χ1v) is 8.13. The van der Waals surface area contributed by atoms with Crippen LogP contribution in [0.4, 0.5) is 4.39 Å². The Balaban J connectivity index is 0.00000288. The molecule has 0 aliphatic rings. The molecule has 1 aromatic carbocycles. The third kappa shape index (κ3) is 3.76. The van der Waals surface area contributed by atoms with Crippen molar-refractivity contribution in [2.24, 2.45) is 7.05 Å². The molecule has 2 atom stereocenters. The summed E-state index contributed by atoms with van der Waals surface area (Å²) in [6, 6.07) is 3.82. The van der Waals surface area contributed by atoms with Gasteiger partial charge in [-0.2, -0.15) is 0 Å². The van der Waals surface area contributed by atoms with Crippen molar-refractivity contribution in [2.45, 2.75) is 39.3 Å². The largest absolute Gasteiger partial charge is 1.00 e. The minimum atomic E-state index is -0.608. The maximum Gasteiger partial charge on any atom is 0.143 e. The summed E-state index contributed by atoms with van der Waals surface area (Å²) in [5.41, 5.74) is 4.24. The molecule has 24 heavy (non-hydrogen) atoms. The molecule has 0 spiro atoms. The Morgan fingerprint density at radius 1 is 1.33 bits per heavy atom. The Labute approximate surface area is 153 Å². The first-order chi connectivity index (χ1) is 10.9. The normalized spacial score (nSPS) is 13.6. The van der Waals surface area contributed by atoms with E-state index in [1.165, 1.54) is 0 Å². The summed E-state index contributed by atoms with van der Waals surface area (Å²) in [5.74, 6) is 0.809. The van der Waals surface area contributed by atoms with Gasteiger partial charge in [-0.15, -0.1) is 0 Å². The molecule has 6 heteroatoms. The Hall–Kier alpha value is -1.11. The highest BCUT2D eigenvalue weighted by molar-refractivity contribution is 5.93. The fourth-order valence-electron chi connectivity index (χ4n) is 3.20. The van der Waals surface area contributed by atoms with Crippen LogP contribution in [0.5, 0.6) is 5.75 Å². The zero-order chi connectivity index (χ0) is 17.1. The van der Waals surface area contributed by atoms with Gasteiger partial charge in [0.05, 0.1) is 25.8 Å². The Morgan fingerprint density at radius 2 is 2.00 bits per heavy atom. The molecular weight excluding hydrogens is 375 g/mol. The van der Waals surface area contributed by atoms with Gasteiger partial charge in [-0.1, -0.05) is 6.07 Å². The second-order valence-electron chi connectivity index (χ2n) is 6.22. The van der Waals surface area contributed by atoms with Gasteiger partial charge in [-0.05, 0) is 38.0 Å². The van der Waals surface area contributed by atoms with E-state index in [4.69, 9.17) is 4.74 Å². The molecule has 0 aliphatic carbocycles. The van der Waals surface area contributed by atoms with Crippen LogP contribution in [0.3, 0.4) is 0 Å². The molecule has 2 aromatic rings. The first-order valence-electron chi connectivity index (χ1n) is 8.13. The molecular formula is C18H28BrFN2O2. The quantitative estimate of drug-likeness (QED) is 0.592. The molecule has 0 radical (unpaired) electrons. The van der Waals surface area contributed by atoms with Crippen LogP contribution in [-0.2, 0) is 7.05 Å². The lowest BCUT2D eigenvalue weighted by Crippen LogP contribution is -3.00. The lowest BCUT2D eigenvalue weighted by molar-refractivity contribution is -0.694. The van der Waals surface area contributed by atoms with E-state index in [2.05, 4.69) is 18.4 Å². The number of hydrogen-bond donors (Lipinski definition) is 2. The standard InChI is InChI=1S/C18H27FN2O2.BrH/c1-11-13(3)21(4)17-15(23-5)8-7-14(16(11)17)18(22)12(2)20-10-6-9-19;/h7-8,12,18,20,22H,6,9-10H2,1-5H3;1H. The summed E-state index contributed by atoms with van der Waals surface area (Å²) in [7, 11) is 3.68. The number of benzene rings is 1. The fourth-order valence-corrected chi connectivity index (χ4v) is 3.20. The number of halogens is 2. The number of aliphatic hydroxyl groups is 1. The predicted molar refractivity (Wildman–Crippen MR) is 90.8 cm³/mol. The summed E-state index contributed by atoms with van der Waals surface area (Å²) in [6.07, 6.45) is -0.0954. The number of ether oxygens (including phenoxy) is 1. The topological polar surface area (TPSA) is 51.0 Å². The van der Waals surface area contributed by atoms with Gasteiger partial charge in [0.2, 0.25) is 0 Å². The number of alkyl halides is 1. The molecule has 0 aliphatic heterocycles. The summed E-state index contributed by atoms with van der Waals surface area (Å²) in [4.78, 5) is 0. The zero-order valence-electron chi connectivity index (χ0n) is 15.1. The van der Waals surface area contributed by atoms with Crippen molar-refractivity contribution in [3.63, 3.8) is 0 Å². The van der Waals surface area contributed by atoms with E-state index in [0.717, 1.165) is 33.5 Å². The van der Waals surface area contributed by atoms with E-state index in [0.29, 0.717) is 13.0 Å². The van der Waals surface area contributed by atoms with E-state index in [-0.39, 0.29) is 29.7 Å². The van der Waals surface area contributed by atoms with Gasteiger partial charge in [-0.3, -0.25) is 4.39 Å². The first kappa shape index (κ1) is 20.9. The van der Waals surface area contributed by atoms with Crippen LogP contribution in [0.1, 0.15) is 36.3 Å². The number of nitrogens with two attached hydrogens (primary N) is 1. The Morgan fingerprint density at radius 3 is 2.58 bits per heavy atom. The van der Waals surface area contributed by atoms with Gasteiger partial charge < -0.3 is 36.7 Å². The minimum absolute atomic E-state index is 0. The number of quaternary nitrogens is 1. The predicted octanol–water partition coefficient (Wildman–Crippen LogP) is -0.847. The van der Waals surface area contributed by atoms with Gasteiger partial charge in [0.15, 0.2) is 0 Å². The number of rotatable bonds is 7. The Bertz CT molecular complexity index is 687. The molecule has 0 amide bonds. The molecule has 0 bridgehead atoms. The number of methoxy groups -OCH3 is 1. The van der Waals surface area contributed by atoms with Crippen molar-refractivity contribution in [3.8, 4) is 5.75 Å². The number of nitrogens with zero attached hydrogens (tertiary/aromatic N) is 1.